The van der Waals surface area contributed by atoms with Crippen molar-refractivity contribution in [2.24, 2.45) is 5.41 Å². The van der Waals surface area contributed by atoms with Crippen LogP contribution >= 0.6 is 0 Å². The van der Waals surface area contributed by atoms with Crippen molar-refractivity contribution in [3.8, 4) is 0 Å². The van der Waals surface area contributed by atoms with Crippen molar-refractivity contribution >= 4 is 16.9 Å². The van der Waals surface area contributed by atoms with Crippen LogP contribution in [0.1, 0.15) is 36.5 Å². The maximum Gasteiger partial charge on any atom is 0.336 e. The van der Waals surface area contributed by atoms with Crippen LogP contribution in [0.2, 0.25) is 0 Å². The summed E-state index contributed by atoms with van der Waals surface area (Å²) in [5, 5.41) is 0.999. The van der Waals surface area contributed by atoms with E-state index >= 15 is 0 Å². The number of hydrogen-bond donors (Lipinski definition) is 0. The number of esters is 1. The molecule has 1 aromatic carbocycles. The first-order chi connectivity index (χ1) is 11.8. The number of likely N-dealkylation sites (tertiary alicyclic amines) is 1. The molecule has 0 spiro atoms. The maximum atomic E-state index is 12.0. The third-order valence-electron chi connectivity index (χ3n) is 5.29. The van der Waals surface area contributed by atoms with Crippen LogP contribution in [-0.4, -0.2) is 31.1 Å². The van der Waals surface area contributed by atoms with E-state index in [4.69, 9.17) is 9.15 Å². The predicted molar refractivity (Wildman–Crippen MR) is 96.6 cm³/mol. The number of nitrogens with zero attached hydrogens (tertiary/aromatic N) is 1. The molecule has 0 amide bonds. The molecule has 3 rings (SSSR count). The van der Waals surface area contributed by atoms with Crippen LogP contribution in [-0.2, 0) is 16.1 Å². The van der Waals surface area contributed by atoms with Crippen LogP contribution in [0, 0.1) is 19.3 Å². The van der Waals surface area contributed by atoms with Gasteiger partial charge in [-0.25, -0.2) is 4.79 Å². The van der Waals surface area contributed by atoms with Crippen LogP contribution in [0.25, 0.3) is 11.0 Å². The summed E-state index contributed by atoms with van der Waals surface area (Å²) < 4.78 is 10.4. The standard InChI is InChI=1S/C20H25NO4/c1-13-9-14(2)18-16(10-13)15(11-17(22)25-18)12-21-7-5-20(3,6-8-21)19(23)24-4/h9-11H,5-8,12H2,1-4H3. The number of rotatable bonds is 3. The molecule has 25 heavy (non-hydrogen) atoms. The summed E-state index contributed by atoms with van der Waals surface area (Å²) in [4.78, 5) is 26.2. The second-order valence-corrected chi connectivity index (χ2v) is 7.38. The van der Waals surface area contributed by atoms with Gasteiger partial charge in [0.25, 0.3) is 0 Å². The van der Waals surface area contributed by atoms with E-state index in [2.05, 4.69) is 11.0 Å². The predicted octanol–water partition coefficient (Wildman–Crippen LogP) is 3.18. The number of benzene rings is 1. The molecular formula is C20H25NO4. The fraction of sp³-hybridized carbons (Fsp3) is 0.500. The zero-order valence-electron chi connectivity index (χ0n) is 15.3. The second kappa shape index (κ2) is 6.64. The Morgan fingerprint density at radius 1 is 1.24 bits per heavy atom. The SMILES string of the molecule is COC(=O)C1(C)CCN(Cc2cc(=O)oc3c(C)cc(C)cc23)CC1. The van der Waals surface area contributed by atoms with Crippen LogP contribution in [0.15, 0.2) is 27.4 Å². The quantitative estimate of drug-likeness (QED) is 0.633. The van der Waals surface area contributed by atoms with E-state index in [-0.39, 0.29) is 11.6 Å². The molecule has 0 saturated carbocycles. The average Bonchev–Trinajstić information content (AvgIpc) is 2.57. The highest BCUT2D eigenvalue weighted by atomic mass is 16.5. The zero-order chi connectivity index (χ0) is 18.2. The van der Waals surface area contributed by atoms with E-state index in [1.165, 1.54) is 7.11 Å². The molecule has 1 fully saturated rings. The lowest BCUT2D eigenvalue weighted by molar-refractivity contribution is -0.154. The van der Waals surface area contributed by atoms with Gasteiger partial charge in [0, 0.05) is 18.0 Å². The molecule has 2 aromatic rings. The van der Waals surface area contributed by atoms with Gasteiger partial charge < -0.3 is 9.15 Å². The Hall–Kier alpha value is -2.14. The van der Waals surface area contributed by atoms with E-state index in [0.717, 1.165) is 48.0 Å². The first-order valence-electron chi connectivity index (χ1n) is 8.67. The number of aryl methyl sites for hydroxylation is 2. The normalized spacial score (nSPS) is 17.6. The van der Waals surface area contributed by atoms with Crippen molar-refractivity contribution in [1.29, 1.82) is 0 Å². The molecule has 1 aliphatic rings. The molecule has 0 radical (unpaired) electrons. The highest BCUT2D eigenvalue weighted by Gasteiger charge is 2.37. The van der Waals surface area contributed by atoms with Gasteiger partial charge >= 0.3 is 11.6 Å². The highest BCUT2D eigenvalue weighted by molar-refractivity contribution is 5.83. The molecule has 0 atom stereocenters. The van der Waals surface area contributed by atoms with Crippen molar-refractivity contribution in [2.45, 2.75) is 40.2 Å². The monoisotopic (exact) mass is 343 g/mol. The molecule has 0 aliphatic carbocycles. The fourth-order valence-corrected chi connectivity index (χ4v) is 3.71. The van der Waals surface area contributed by atoms with E-state index in [0.29, 0.717) is 12.1 Å². The van der Waals surface area contributed by atoms with Crippen molar-refractivity contribution in [3.63, 3.8) is 0 Å². The van der Waals surface area contributed by atoms with E-state index in [9.17, 15) is 9.59 Å². The number of fused-ring (bicyclic) bond motifs is 1. The van der Waals surface area contributed by atoms with Crippen molar-refractivity contribution < 1.29 is 13.9 Å². The summed E-state index contributed by atoms with van der Waals surface area (Å²) in [7, 11) is 1.44. The number of carbonyl (C=O) groups is 1. The molecule has 5 nitrogen and oxygen atoms in total. The first kappa shape index (κ1) is 17.7. The summed E-state index contributed by atoms with van der Waals surface area (Å²) in [6.07, 6.45) is 1.52. The lowest BCUT2D eigenvalue weighted by Gasteiger charge is -2.37. The van der Waals surface area contributed by atoms with Crippen LogP contribution in [0.3, 0.4) is 0 Å². The van der Waals surface area contributed by atoms with Crippen molar-refractivity contribution in [1.82, 2.24) is 4.90 Å². The molecule has 1 aromatic heterocycles. The largest absolute Gasteiger partial charge is 0.469 e. The van der Waals surface area contributed by atoms with E-state index in [1.54, 1.807) is 6.07 Å². The van der Waals surface area contributed by atoms with E-state index < -0.39 is 5.41 Å². The smallest absolute Gasteiger partial charge is 0.336 e. The number of hydrogen-bond acceptors (Lipinski definition) is 5. The molecule has 5 heteroatoms. The second-order valence-electron chi connectivity index (χ2n) is 7.38. The van der Waals surface area contributed by atoms with Gasteiger partial charge in [-0.3, -0.25) is 9.69 Å². The summed E-state index contributed by atoms with van der Waals surface area (Å²) in [5.41, 5.74) is 3.06. The van der Waals surface area contributed by atoms with Crippen molar-refractivity contribution in [3.05, 3.63) is 45.3 Å². The molecule has 1 saturated heterocycles. The summed E-state index contributed by atoms with van der Waals surface area (Å²) >= 11 is 0. The summed E-state index contributed by atoms with van der Waals surface area (Å²) in [5.74, 6) is -0.135. The summed E-state index contributed by atoms with van der Waals surface area (Å²) in [6.45, 7) is 8.27. The van der Waals surface area contributed by atoms with Gasteiger partial charge in [-0.2, -0.15) is 0 Å². The van der Waals surface area contributed by atoms with Gasteiger partial charge in [-0.05, 0) is 69.5 Å². The Bertz CT molecular complexity index is 860. The minimum Gasteiger partial charge on any atom is -0.469 e. The number of carbonyl (C=O) groups excluding carboxylic acids is 1. The molecule has 2 heterocycles. The minimum absolute atomic E-state index is 0.135. The molecule has 0 unspecified atom stereocenters. The Labute approximate surface area is 147 Å². The Balaban J connectivity index is 1.85. The van der Waals surface area contributed by atoms with Gasteiger partial charge in [0.15, 0.2) is 0 Å². The van der Waals surface area contributed by atoms with Gasteiger partial charge in [0.05, 0.1) is 12.5 Å². The summed E-state index contributed by atoms with van der Waals surface area (Å²) in [6, 6.07) is 5.69. The number of ether oxygens (including phenoxy) is 1. The molecule has 1 aliphatic heterocycles. The lowest BCUT2D eigenvalue weighted by Crippen LogP contribution is -2.42. The topological polar surface area (TPSA) is 59.8 Å². The molecule has 0 bridgehead atoms. The maximum absolute atomic E-state index is 12.0. The Kier molecular flexibility index (Phi) is 4.69. The molecule has 134 valence electrons. The van der Waals surface area contributed by atoms with Crippen LogP contribution < -0.4 is 5.63 Å². The first-order valence-corrected chi connectivity index (χ1v) is 8.67. The third-order valence-corrected chi connectivity index (χ3v) is 5.29. The zero-order valence-corrected chi connectivity index (χ0v) is 15.3. The highest BCUT2D eigenvalue weighted by Crippen LogP contribution is 2.33. The lowest BCUT2D eigenvalue weighted by atomic mass is 9.80. The van der Waals surface area contributed by atoms with Crippen LogP contribution in [0.4, 0.5) is 0 Å². The molecule has 0 N–H and O–H groups in total. The average molecular weight is 343 g/mol. The Morgan fingerprint density at radius 3 is 2.56 bits per heavy atom. The Morgan fingerprint density at radius 2 is 1.92 bits per heavy atom. The van der Waals surface area contributed by atoms with Gasteiger partial charge in [0.1, 0.15) is 5.58 Å². The third kappa shape index (κ3) is 3.47. The molecular weight excluding hydrogens is 318 g/mol. The van der Waals surface area contributed by atoms with Crippen LogP contribution in [0.5, 0.6) is 0 Å². The number of piperidine rings is 1. The van der Waals surface area contributed by atoms with Gasteiger partial charge in [-0.1, -0.05) is 6.07 Å². The minimum atomic E-state index is -0.407. The van der Waals surface area contributed by atoms with E-state index in [1.807, 2.05) is 26.8 Å². The van der Waals surface area contributed by atoms with Crippen molar-refractivity contribution in [2.75, 3.05) is 20.2 Å². The fourth-order valence-electron chi connectivity index (χ4n) is 3.71. The van der Waals surface area contributed by atoms with Gasteiger partial charge in [-0.15, -0.1) is 0 Å². The number of methoxy groups -OCH3 is 1. The van der Waals surface area contributed by atoms with Gasteiger partial charge in [0.2, 0.25) is 0 Å².